The van der Waals surface area contributed by atoms with E-state index < -0.39 is 20.0 Å². The molecule has 0 aromatic rings. The van der Waals surface area contributed by atoms with E-state index in [0.29, 0.717) is 17.4 Å². The average molecular weight is 970 g/mol. The summed E-state index contributed by atoms with van der Waals surface area (Å²) in [5.74, 6) is -0.231. The lowest BCUT2D eigenvalue weighted by molar-refractivity contribution is -0.870. The van der Waals surface area contributed by atoms with E-state index in [2.05, 4.69) is 104 Å². The molecule has 3 N–H and O–H groups in total. The summed E-state index contributed by atoms with van der Waals surface area (Å²) in [6.45, 7) is 4.65. The normalized spacial score (nSPS) is 14.8. The number of nitrogens with one attached hydrogen (secondary N) is 1. The zero-order valence-electron chi connectivity index (χ0n) is 44.6. The first-order chi connectivity index (χ1) is 33.0. The predicted octanol–water partition coefficient (Wildman–Crippen LogP) is 16.6. The SMILES string of the molecule is CC/C=C\C/C=C\C/C=C\C/C=C\C/C=C\C/C=C\CCCCC(=O)NC(COP(=O)(O)OCC[N+](C)(C)C)C(O)/C=C/CC/C=C/CCCCCCCCCCCCCCCCCCCCC. The van der Waals surface area contributed by atoms with Crippen molar-refractivity contribution in [2.24, 2.45) is 0 Å². The number of quaternary nitrogens is 1. The summed E-state index contributed by atoms with van der Waals surface area (Å²) in [6.07, 6.45) is 70.9. The molecule has 9 heteroatoms. The van der Waals surface area contributed by atoms with E-state index in [0.717, 1.165) is 70.6 Å². The quantitative estimate of drug-likeness (QED) is 0.0243. The van der Waals surface area contributed by atoms with Crippen molar-refractivity contribution in [3.05, 3.63) is 97.2 Å². The molecular formula is C59H106N2O6P+. The Balaban J connectivity index is 4.39. The summed E-state index contributed by atoms with van der Waals surface area (Å²) in [6, 6.07) is -0.894. The standard InChI is InChI=1S/C59H105N2O6P/c1-6-8-10-12-14-16-18-20-22-24-26-28-29-30-31-33-34-36-38-40-42-44-46-48-50-52-58(62)57(56-67-68(64,65)66-55-54-61(3,4)5)60-59(63)53-51-49-47-45-43-41-39-37-35-32-27-25-23-21-19-17-15-13-11-9-7-2/h9,11,15,17,21,23,27,32,37,39,42-45,50,52,57-58,62H,6-8,10,12-14,16,18-20,22,24-26,28-31,33-36,38,40-41,46-49,51,53-56H2,1-5H3,(H-,60,63,64,65)/p+1/b11-9-,17-15-,23-21-,32-27-,39-37-,44-42+,45-43-,52-50+. The molecule has 0 saturated heterocycles. The number of carbonyl (C=O) groups excluding carboxylic acids is 1. The van der Waals surface area contributed by atoms with Gasteiger partial charge in [-0.15, -0.1) is 0 Å². The predicted molar refractivity (Wildman–Crippen MR) is 295 cm³/mol. The third kappa shape index (κ3) is 51.3. The minimum absolute atomic E-state index is 0.0423. The van der Waals surface area contributed by atoms with Crippen molar-refractivity contribution in [1.82, 2.24) is 5.32 Å². The van der Waals surface area contributed by atoms with Crippen LogP contribution in [0.15, 0.2) is 97.2 Å². The third-order valence-electron chi connectivity index (χ3n) is 11.8. The molecule has 3 atom stereocenters. The molecule has 0 aromatic heterocycles. The van der Waals surface area contributed by atoms with Crippen molar-refractivity contribution in [1.29, 1.82) is 0 Å². The smallest absolute Gasteiger partial charge is 0.387 e. The van der Waals surface area contributed by atoms with E-state index in [1.54, 1.807) is 6.08 Å². The van der Waals surface area contributed by atoms with E-state index in [4.69, 9.17) is 9.05 Å². The van der Waals surface area contributed by atoms with Crippen LogP contribution in [-0.4, -0.2) is 73.4 Å². The number of hydrogen-bond acceptors (Lipinski definition) is 5. The van der Waals surface area contributed by atoms with Gasteiger partial charge in [0.25, 0.3) is 0 Å². The van der Waals surface area contributed by atoms with Crippen LogP contribution in [0.5, 0.6) is 0 Å². The van der Waals surface area contributed by atoms with Crippen molar-refractivity contribution < 1.29 is 32.9 Å². The molecule has 1 amide bonds. The zero-order chi connectivity index (χ0) is 49.9. The summed E-state index contributed by atoms with van der Waals surface area (Å²) in [5.41, 5.74) is 0. The number of aliphatic hydroxyl groups is 1. The van der Waals surface area contributed by atoms with Gasteiger partial charge in [0.2, 0.25) is 5.91 Å². The number of amides is 1. The maximum Gasteiger partial charge on any atom is 0.472 e. The fourth-order valence-corrected chi connectivity index (χ4v) is 8.21. The average Bonchev–Trinajstić information content (AvgIpc) is 3.30. The van der Waals surface area contributed by atoms with Gasteiger partial charge in [-0.3, -0.25) is 13.8 Å². The number of unbranched alkanes of at least 4 members (excludes halogenated alkanes) is 22. The molecule has 0 aliphatic carbocycles. The minimum Gasteiger partial charge on any atom is -0.387 e. The highest BCUT2D eigenvalue weighted by molar-refractivity contribution is 7.47. The molecule has 0 fully saturated rings. The maximum absolute atomic E-state index is 12.9. The van der Waals surface area contributed by atoms with Gasteiger partial charge in [-0.25, -0.2) is 4.57 Å². The second kappa shape index (κ2) is 49.4. The summed E-state index contributed by atoms with van der Waals surface area (Å²) >= 11 is 0. The Morgan fingerprint density at radius 3 is 1.35 bits per heavy atom. The number of rotatable bonds is 49. The lowest BCUT2D eigenvalue weighted by atomic mass is 10.0. The molecule has 0 radical (unpaired) electrons. The van der Waals surface area contributed by atoms with Gasteiger partial charge in [-0.1, -0.05) is 227 Å². The Labute approximate surface area is 419 Å². The third-order valence-corrected chi connectivity index (χ3v) is 12.8. The lowest BCUT2D eigenvalue weighted by Gasteiger charge is -2.25. The first-order valence-electron chi connectivity index (χ1n) is 27.6. The van der Waals surface area contributed by atoms with Crippen LogP contribution in [0.4, 0.5) is 0 Å². The van der Waals surface area contributed by atoms with Gasteiger partial charge >= 0.3 is 7.82 Å². The van der Waals surface area contributed by atoms with Crippen LogP contribution in [0.25, 0.3) is 0 Å². The molecular weight excluding hydrogens is 864 g/mol. The van der Waals surface area contributed by atoms with Crippen molar-refractivity contribution in [2.45, 2.75) is 231 Å². The fraction of sp³-hybridized carbons (Fsp3) is 0.712. The number of allylic oxidation sites excluding steroid dienone is 15. The first-order valence-corrected chi connectivity index (χ1v) is 29.1. The lowest BCUT2D eigenvalue weighted by Crippen LogP contribution is -2.45. The van der Waals surface area contributed by atoms with E-state index in [-0.39, 0.29) is 25.5 Å². The van der Waals surface area contributed by atoms with Gasteiger partial charge in [0.1, 0.15) is 13.2 Å². The molecule has 0 aliphatic rings. The number of phosphoric ester groups is 1. The summed E-state index contributed by atoms with van der Waals surface area (Å²) in [5, 5.41) is 13.9. The monoisotopic (exact) mass is 970 g/mol. The van der Waals surface area contributed by atoms with Crippen LogP contribution in [0.2, 0.25) is 0 Å². The van der Waals surface area contributed by atoms with Crippen molar-refractivity contribution in [3.63, 3.8) is 0 Å². The van der Waals surface area contributed by atoms with Crippen LogP contribution in [0.3, 0.4) is 0 Å². The topological polar surface area (TPSA) is 105 Å². The number of likely N-dealkylation sites (N-methyl/N-ethyl adjacent to an activating group) is 1. The van der Waals surface area contributed by atoms with Crippen LogP contribution < -0.4 is 5.32 Å². The molecule has 8 nitrogen and oxygen atoms in total. The van der Waals surface area contributed by atoms with Crippen molar-refractivity contribution >= 4 is 13.7 Å². The Hall–Kier alpha value is -2.58. The highest BCUT2D eigenvalue weighted by atomic mass is 31.2. The molecule has 0 rings (SSSR count). The summed E-state index contributed by atoms with van der Waals surface area (Å²) < 4.78 is 23.6. The number of nitrogens with zero attached hydrogens (tertiary/aromatic N) is 1. The largest absolute Gasteiger partial charge is 0.472 e. The van der Waals surface area contributed by atoms with Gasteiger partial charge in [0.15, 0.2) is 0 Å². The molecule has 0 aliphatic heterocycles. The Morgan fingerprint density at radius 2 is 0.897 bits per heavy atom. The highest BCUT2D eigenvalue weighted by Crippen LogP contribution is 2.43. The molecule has 0 aromatic carbocycles. The van der Waals surface area contributed by atoms with E-state index >= 15 is 0 Å². The Kier molecular flexibility index (Phi) is 47.5. The van der Waals surface area contributed by atoms with Gasteiger partial charge in [0.05, 0.1) is 39.9 Å². The highest BCUT2D eigenvalue weighted by Gasteiger charge is 2.27. The van der Waals surface area contributed by atoms with Gasteiger partial charge < -0.3 is 19.8 Å². The molecule has 0 bridgehead atoms. The number of carbonyl (C=O) groups is 1. The van der Waals surface area contributed by atoms with Crippen molar-refractivity contribution in [2.75, 3.05) is 40.9 Å². The number of aliphatic hydroxyl groups excluding tert-OH is 1. The van der Waals surface area contributed by atoms with Gasteiger partial charge in [-0.2, -0.15) is 0 Å². The first kappa shape index (κ1) is 65.4. The zero-order valence-corrected chi connectivity index (χ0v) is 45.5. The second-order valence-corrected chi connectivity index (χ2v) is 21.0. The van der Waals surface area contributed by atoms with E-state index in [1.165, 1.54) is 122 Å². The van der Waals surface area contributed by atoms with Crippen molar-refractivity contribution in [3.8, 4) is 0 Å². The Bertz CT molecular complexity index is 1420. The fourth-order valence-electron chi connectivity index (χ4n) is 7.47. The molecule has 68 heavy (non-hydrogen) atoms. The molecule has 3 unspecified atom stereocenters. The van der Waals surface area contributed by atoms with E-state index in [9.17, 15) is 19.4 Å². The second-order valence-electron chi connectivity index (χ2n) is 19.6. The van der Waals surface area contributed by atoms with E-state index in [1.807, 2.05) is 27.2 Å². The van der Waals surface area contributed by atoms with Crippen LogP contribution >= 0.6 is 7.82 Å². The minimum atomic E-state index is -4.37. The van der Waals surface area contributed by atoms with Gasteiger partial charge in [0, 0.05) is 6.42 Å². The summed E-state index contributed by atoms with van der Waals surface area (Å²) in [4.78, 5) is 23.2. The number of hydrogen-bond donors (Lipinski definition) is 3. The molecule has 0 spiro atoms. The molecule has 0 heterocycles. The molecule has 392 valence electrons. The number of phosphoric acid groups is 1. The Morgan fingerprint density at radius 1 is 0.515 bits per heavy atom. The van der Waals surface area contributed by atoms with Crippen LogP contribution in [0.1, 0.15) is 219 Å². The van der Waals surface area contributed by atoms with Gasteiger partial charge in [-0.05, 0) is 83.5 Å². The van der Waals surface area contributed by atoms with Crippen LogP contribution in [0, 0.1) is 0 Å². The van der Waals surface area contributed by atoms with Crippen LogP contribution in [-0.2, 0) is 18.4 Å². The maximum atomic E-state index is 12.9. The molecule has 0 saturated carbocycles. The summed E-state index contributed by atoms with van der Waals surface area (Å²) in [7, 11) is 1.51.